The van der Waals surface area contributed by atoms with E-state index in [9.17, 15) is 0 Å². The fourth-order valence-corrected chi connectivity index (χ4v) is 5.56. The fraction of sp³-hybridized carbons (Fsp3) is 0.381. The minimum absolute atomic E-state index is 0.415. The van der Waals surface area contributed by atoms with Crippen molar-refractivity contribution in [2.45, 2.75) is 66.0 Å². The van der Waals surface area contributed by atoms with Gasteiger partial charge < -0.3 is 28.6 Å². The monoisotopic (exact) mass is 734 g/mol. The molecule has 0 bridgehead atoms. The average Bonchev–Trinajstić information content (AvgIpc) is 3.84. The van der Waals surface area contributed by atoms with E-state index >= 15 is 0 Å². The molecule has 2 aliphatic rings. The van der Waals surface area contributed by atoms with Crippen LogP contribution >= 0.6 is 0 Å². The summed E-state index contributed by atoms with van der Waals surface area (Å²) in [4.78, 5) is 29.0. The minimum Gasteiger partial charge on any atom is -0.395 e. The third-order valence-corrected chi connectivity index (χ3v) is 8.74. The smallest absolute Gasteiger partial charge is 0.209 e. The highest BCUT2D eigenvalue weighted by molar-refractivity contribution is 5.97. The molecule has 0 aromatic carbocycles. The fourth-order valence-electron chi connectivity index (χ4n) is 5.56. The molecule has 12 heteroatoms. The molecule has 4 aromatic rings. The van der Waals surface area contributed by atoms with Crippen LogP contribution in [0.25, 0.3) is 11.1 Å². The number of aryl methyl sites for hydroxylation is 2. The van der Waals surface area contributed by atoms with Gasteiger partial charge in [-0.3, -0.25) is 9.97 Å². The molecule has 0 amide bonds. The molecular weight excluding hydrogens is 684 g/mol. The van der Waals surface area contributed by atoms with Crippen molar-refractivity contribution in [2.24, 2.45) is 10.3 Å². The Kier molecular flexibility index (Phi) is 13.9. The van der Waals surface area contributed by atoms with Crippen molar-refractivity contribution < 1.29 is 28.6 Å². The van der Waals surface area contributed by atoms with E-state index in [1.807, 2.05) is 114 Å². The molecule has 2 aliphatic heterocycles. The van der Waals surface area contributed by atoms with Crippen molar-refractivity contribution in [3.8, 4) is 0 Å². The molecule has 0 unspecified atom stereocenters. The summed E-state index contributed by atoms with van der Waals surface area (Å²) in [6.45, 7) is 22.8. The summed E-state index contributed by atoms with van der Waals surface area (Å²) in [5, 5.41) is 8.29. The first-order valence-corrected chi connectivity index (χ1v) is 18.0. The van der Waals surface area contributed by atoms with Crippen LogP contribution in [0.3, 0.4) is 0 Å². The van der Waals surface area contributed by atoms with E-state index in [0.29, 0.717) is 52.5 Å². The summed E-state index contributed by atoms with van der Waals surface area (Å²) in [5.41, 5.74) is 9.87. The third-order valence-electron chi connectivity index (χ3n) is 8.74. The van der Waals surface area contributed by atoms with E-state index in [0.717, 1.165) is 68.1 Å². The molecule has 0 radical (unpaired) electrons. The highest BCUT2D eigenvalue weighted by atomic mass is 16.7. The minimum atomic E-state index is -0.783. The molecule has 4 aromatic heterocycles. The van der Waals surface area contributed by atoms with Gasteiger partial charge in [0.15, 0.2) is 0 Å². The lowest BCUT2D eigenvalue weighted by molar-refractivity contribution is -0.153. The highest BCUT2D eigenvalue weighted by Gasteiger charge is 2.35. The van der Waals surface area contributed by atoms with Crippen LogP contribution in [0.5, 0.6) is 0 Å². The second-order valence-corrected chi connectivity index (χ2v) is 13.2. The van der Waals surface area contributed by atoms with Crippen LogP contribution in [0, 0.1) is 13.8 Å². The molecule has 2 saturated heterocycles. The van der Waals surface area contributed by atoms with Gasteiger partial charge in [-0.25, -0.2) is 9.97 Å². The summed E-state index contributed by atoms with van der Waals surface area (Å²) < 4.78 is 22.7. The van der Waals surface area contributed by atoms with Crippen molar-refractivity contribution in [1.29, 1.82) is 0 Å². The van der Waals surface area contributed by atoms with Crippen molar-refractivity contribution in [3.05, 3.63) is 132 Å². The predicted octanol–water partition coefficient (Wildman–Crippen LogP) is 7.70. The molecule has 0 saturated carbocycles. The second kappa shape index (κ2) is 18.8. The Labute approximate surface area is 318 Å². The Morgan fingerprint density at radius 2 is 0.926 bits per heavy atom. The molecule has 2 fully saturated rings. The van der Waals surface area contributed by atoms with Gasteiger partial charge in [-0.1, -0.05) is 47.7 Å². The number of oxime groups is 2. The number of nitrogens with zero attached hydrogens (tertiary/aromatic N) is 6. The lowest BCUT2D eigenvalue weighted by Crippen LogP contribution is -2.24. The van der Waals surface area contributed by atoms with Gasteiger partial charge in [0.25, 0.3) is 0 Å². The van der Waals surface area contributed by atoms with E-state index in [2.05, 4.69) is 43.4 Å². The van der Waals surface area contributed by atoms with Gasteiger partial charge in [-0.05, 0) is 101 Å². The standard InChI is InChI=1S/2C21H25N3O3/c2*1-15(11-12-27-24-17(3)19-9-5-7-16(2)22-19)18-8-6-10-20(23-18)21(4)25-13-14-26-21/h2*5-10H,1,11-14H2,2-4H3/b2*24-17+. The van der Waals surface area contributed by atoms with Crippen molar-refractivity contribution in [2.75, 3.05) is 39.6 Å². The van der Waals surface area contributed by atoms with Gasteiger partial charge in [0.2, 0.25) is 11.6 Å². The molecule has 284 valence electrons. The zero-order valence-corrected chi connectivity index (χ0v) is 32.1. The topological polar surface area (TPSA) is 132 Å². The first-order chi connectivity index (χ1) is 26.0. The first kappa shape index (κ1) is 40.1. The molecule has 6 heterocycles. The van der Waals surface area contributed by atoms with Gasteiger partial charge in [0.1, 0.15) is 24.6 Å². The van der Waals surface area contributed by atoms with Crippen LogP contribution in [0.1, 0.15) is 86.1 Å². The zero-order valence-electron chi connectivity index (χ0n) is 32.1. The number of hydrogen-bond acceptors (Lipinski definition) is 12. The number of hydrogen-bond donors (Lipinski definition) is 0. The number of pyridine rings is 4. The third kappa shape index (κ3) is 11.0. The van der Waals surface area contributed by atoms with Gasteiger partial charge in [-0.2, -0.15) is 0 Å². The molecule has 0 N–H and O–H groups in total. The molecule has 12 nitrogen and oxygen atoms in total. The van der Waals surface area contributed by atoms with Crippen LogP contribution in [-0.2, 0) is 40.2 Å². The Bertz CT molecular complexity index is 1830. The highest BCUT2D eigenvalue weighted by Crippen LogP contribution is 2.31. The van der Waals surface area contributed by atoms with Crippen LogP contribution in [0.4, 0.5) is 0 Å². The van der Waals surface area contributed by atoms with Crippen LogP contribution in [0.2, 0.25) is 0 Å². The van der Waals surface area contributed by atoms with Gasteiger partial charge in [-0.15, -0.1) is 0 Å². The van der Waals surface area contributed by atoms with E-state index in [4.69, 9.17) is 28.6 Å². The second-order valence-electron chi connectivity index (χ2n) is 13.2. The summed E-state index contributed by atoms with van der Waals surface area (Å²) in [5.74, 6) is -1.57. The molecule has 0 aliphatic carbocycles. The van der Waals surface area contributed by atoms with E-state index in [1.54, 1.807) is 0 Å². The Morgan fingerprint density at radius 3 is 1.30 bits per heavy atom. The van der Waals surface area contributed by atoms with Crippen molar-refractivity contribution in [1.82, 2.24) is 19.9 Å². The number of aromatic nitrogens is 4. The molecule has 6 rings (SSSR count). The summed E-state index contributed by atoms with van der Waals surface area (Å²) >= 11 is 0. The SMILES string of the molecule is C=C(CCO/N=C(\C)c1cccc(C)n1)c1cccc(C2(C)OCCO2)n1.C=C(CCO/N=C(\C)c1cccc(C)n1)c1cccc(C2(C)OCCO2)n1. The largest absolute Gasteiger partial charge is 0.395 e. The van der Waals surface area contributed by atoms with Crippen LogP contribution in [0.15, 0.2) is 96.3 Å². The Hall–Kier alpha value is -5.14. The van der Waals surface area contributed by atoms with Crippen LogP contribution in [-0.4, -0.2) is 71.0 Å². The van der Waals surface area contributed by atoms with Crippen molar-refractivity contribution in [3.63, 3.8) is 0 Å². The summed E-state index contributed by atoms with van der Waals surface area (Å²) in [6, 6.07) is 23.2. The van der Waals surface area contributed by atoms with E-state index in [1.165, 1.54) is 0 Å². The molecule has 0 spiro atoms. The maximum atomic E-state index is 5.67. The summed E-state index contributed by atoms with van der Waals surface area (Å²) in [6.07, 6.45) is 1.24. The average molecular weight is 735 g/mol. The first-order valence-electron chi connectivity index (χ1n) is 18.0. The molecule has 54 heavy (non-hydrogen) atoms. The lowest BCUT2D eigenvalue weighted by atomic mass is 10.1. The van der Waals surface area contributed by atoms with Gasteiger partial charge >= 0.3 is 0 Å². The zero-order chi connectivity index (χ0) is 38.6. The van der Waals surface area contributed by atoms with Crippen molar-refractivity contribution >= 4 is 22.6 Å². The summed E-state index contributed by atoms with van der Waals surface area (Å²) in [7, 11) is 0. The molecule has 0 atom stereocenters. The Morgan fingerprint density at radius 1 is 0.574 bits per heavy atom. The number of rotatable bonds is 14. The Balaban J connectivity index is 0.000000208. The maximum Gasteiger partial charge on any atom is 0.209 e. The normalized spacial score (nSPS) is 16.3. The predicted molar refractivity (Wildman–Crippen MR) is 209 cm³/mol. The van der Waals surface area contributed by atoms with E-state index < -0.39 is 11.6 Å². The van der Waals surface area contributed by atoms with Crippen LogP contribution < -0.4 is 0 Å². The van der Waals surface area contributed by atoms with Gasteiger partial charge in [0, 0.05) is 24.2 Å². The molecular formula is C42H50N6O6. The van der Waals surface area contributed by atoms with E-state index in [-0.39, 0.29) is 0 Å². The maximum absolute atomic E-state index is 5.67. The lowest BCUT2D eigenvalue weighted by Gasteiger charge is -2.22. The quantitative estimate of drug-likeness (QED) is 0.0722. The van der Waals surface area contributed by atoms with Gasteiger partial charge in [0.05, 0.1) is 60.6 Å². The number of ether oxygens (including phenoxy) is 4.